The summed E-state index contributed by atoms with van der Waals surface area (Å²) in [5, 5.41) is 29.3. The maximum Gasteiger partial charge on any atom is 0.336 e. The highest BCUT2D eigenvalue weighted by Crippen LogP contribution is 2.27. The second-order valence-corrected chi connectivity index (χ2v) is 5.23. The molecule has 22 heavy (non-hydrogen) atoms. The highest BCUT2D eigenvalue weighted by molar-refractivity contribution is 5.81. The van der Waals surface area contributed by atoms with Gasteiger partial charge in [0.15, 0.2) is 0 Å². The van der Waals surface area contributed by atoms with Crippen molar-refractivity contribution in [3.8, 4) is 5.75 Å². The van der Waals surface area contributed by atoms with Gasteiger partial charge in [0.25, 0.3) is 0 Å². The van der Waals surface area contributed by atoms with Crippen LogP contribution in [0.25, 0.3) is 11.0 Å². The van der Waals surface area contributed by atoms with Crippen molar-refractivity contribution in [2.75, 3.05) is 6.61 Å². The van der Waals surface area contributed by atoms with Crippen LogP contribution in [0, 0.1) is 6.92 Å². The zero-order valence-electron chi connectivity index (χ0n) is 11.8. The van der Waals surface area contributed by atoms with Crippen LogP contribution in [0.1, 0.15) is 5.56 Å². The summed E-state index contributed by atoms with van der Waals surface area (Å²) in [7, 11) is 0. The molecule has 7 heteroatoms. The van der Waals surface area contributed by atoms with Crippen molar-refractivity contribution >= 4 is 11.0 Å². The molecule has 3 rings (SSSR count). The zero-order chi connectivity index (χ0) is 15.9. The van der Waals surface area contributed by atoms with Crippen LogP contribution in [-0.2, 0) is 4.74 Å². The van der Waals surface area contributed by atoms with Gasteiger partial charge in [-0.05, 0) is 24.6 Å². The standard InChI is InChI=1S/C15H16O7/c1-7-4-12(17)21-10-5-8(2-3-9(7)10)20-15-14(19)13(18)11(6-16)22-15/h2-5,11,13-16,18-19H,6H2,1H3/t11-,13-,14+,15?/m1/s1. The molecule has 3 N–H and O–H groups in total. The zero-order valence-corrected chi connectivity index (χ0v) is 11.8. The number of aliphatic hydroxyl groups excluding tert-OH is 3. The smallest absolute Gasteiger partial charge is 0.336 e. The summed E-state index contributed by atoms with van der Waals surface area (Å²) >= 11 is 0. The number of benzene rings is 1. The molecule has 1 aliphatic heterocycles. The lowest BCUT2D eigenvalue weighted by Gasteiger charge is -2.17. The highest BCUT2D eigenvalue weighted by Gasteiger charge is 2.43. The third-order valence-electron chi connectivity index (χ3n) is 3.67. The summed E-state index contributed by atoms with van der Waals surface area (Å²) < 4.78 is 15.8. The van der Waals surface area contributed by atoms with Gasteiger partial charge in [0.05, 0.1) is 6.61 Å². The average Bonchev–Trinajstić information content (AvgIpc) is 2.74. The molecule has 7 nitrogen and oxygen atoms in total. The number of ether oxygens (including phenoxy) is 2. The molecular weight excluding hydrogens is 292 g/mol. The molecule has 0 saturated carbocycles. The number of aliphatic hydroxyl groups is 3. The second kappa shape index (κ2) is 5.69. The van der Waals surface area contributed by atoms with Gasteiger partial charge in [-0.2, -0.15) is 0 Å². The summed E-state index contributed by atoms with van der Waals surface area (Å²) in [5.41, 5.74) is 0.676. The molecule has 118 valence electrons. The molecule has 1 unspecified atom stereocenters. The van der Waals surface area contributed by atoms with Gasteiger partial charge >= 0.3 is 5.63 Å². The topological polar surface area (TPSA) is 109 Å². The second-order valence-electron chi connectivity index (χ2n) is 5.23. The van der Waals surface area contributed by atoms with Crippen molar-refractivity contribution in [1.29, 1.82) is 0 Å². The quantitative estimate of drug-likeness (QED) is 0.680. The minimum absolute atomic E-state index is 0.316. The van der Waals surface area contributed by atoms with Crippen LogP contribution in [0.15, 0.2) is 33.5 Å². The molecule has 1 aromatic heterocycles. The van der Waals surface area contributed by atoms with E-state index >= 15 is 0 Å². The van der Waals surface area contributed by atoms with Crippen molar-refractivity contribution in [3.63, 3.8) is 0 Å². The van der Waals surface area contributed by atoms with Crippen molar-refractivity contribution < 1.29 is 29.2 Å². The van der Waals surface area contributed by atoms with Gasteiger partial charge in [-0.1, -0.05) is 0 Å². The Morgan fingerprint density at radius 1 is 1.23 bits per heavy atom. The van der Waals surface area contributed by atoms with E-state index in [1.54, 1.807) is 19.1 Å². The van der Waals surface area contributed by atoms with Crippen LogP contribution >= 0.6 is 0 Å². The molecule has 0 bridgehead atoms. The van der Waals surface area contributed by atoms with E-state index in [9.17, 15) is 15.0 Å². The fraction of sp³-hybridized carbons (Fsp3) is 0.400. The van der Waals surface area contributed by atoms with E-state index in [0.717, 1.165) is 10.9 Å². The first-order valence-corrected chi connectivity index (χ1v) is 6.83. The van der Waals surface area contributed by atoms with Gasteiger partial charge in [-0.3, -0.25) is 0 Å². The number of hydrogen-bond donors (Lipinski definition) is 3. The monoisotopic (exact) mass is 308 g/mol. The van der Waals surface area contributed by atoms with Crippen LogP contribution in [0.3, 0.4) is 0 Å². The minimum Gasteiger partial charge on any atom is -0.462 e. The van der Waals surface area contributed by atoms with Gasteiger partial charge in [-0.25, -0.2) is 4.79 Å². The van der Waals surface area contributed by atoms with E-state index in [2.05, 4.69) is 0 Å². The molecule has 1 saturated heterocycles. The normalized spacial score (nSPS) is 28.2. The van der Waals surface area contributed by atoms with Crippen molar-refractivity contribution in [1.82, 2.24) is 0 Å². The van der Waals surface area contributed by atoms with Gasteiger partial charge in [0.2, 0.25) is 6.29 Å². The predicted octanol–water partition coefficient (Wildman–Crippen LogP) is -0.0808. The number of hydrogen-bond acceptors (Lipinski definition) is 7. The third-order valence-corrected chi connectivity index (χ3v) is 3.67. The van der Waals surface area contributed by atoms with E-state index in [0.29, 0.717) is 11.3 Å². The maximum absolute atomic E-state index is 11.4. The molecule has 0 radical (unpaired) electrons. The Balaban J connectivity index is 1.87. The van der Waals surface area contributed by atoms with E-state index in [-0.39, 0.29) is 0 Å². The Morgan fingerprint density at radius 3 is 2.68 bits per heavy atom. The van der Waals surface area contributed by atoms with E-state index in [4.69, 9.17) is 19.0 Å². The SMILES string of the molecule is Cc1cc(=O)oc2cc(OC3O[C@H](CO)[C@@H](O)[C@@H]3O)ccc12. The molecular formula is C15H16O7. The summed E-state index contributed by atoms with van der Waals surface area (Å²) in [4.78, 5) is 11.4. The van der Waals surface area contributed by atoms with Gasteiger partial charge in [-0.15, -0.1) is 0 Å². The van der Waals surface area contributed by atoms with Crippen LogP contribution in [0.4, 0.5) is 0 Å². The largest absolute Gasteiger partial charge is 0.462 e. The number of rotatable bonds is 3. The predicted molar refractivity (Wildman–Crippen MR) is 75.6 cm³/mol. The lowest BCUT2D eigenvalue weighted by molar-refractivity contribution is -0.116. The van der Waals surface area contributed by atoms with E-state index < -0.39 is 36.8 Å². The van der Waals surface area contributed by atoms with Gasteiger partial charge in [0, 0.05) is 17.5 Å². The molecule has 2 heterocycles. The fourth-order valence-electron chi connectivity index (χ4n) is 2.48. The molecule has 4 atom stereocenters. The Kier molecular flexibility index (Phi) is 3.88. The lowest BCUT2D eigenvalue weighted by atomic mass is 10.1. The van der Waals surface area contributed by atoms with E-state index in [1.165, 1.54) is 12.1 Å². The van der Waals surface area contributed by atoms with Crippen molar-refractivity contribution in [3.05, 3.63) is 40.2 Å². The third kappa shape index (κ3) is 2.59. The molecule has 0 aliphatic carbocycles. The number of fused-ring (bicyclic) bond motifs is 1. The van der Waals surface area contributed by atoms with Crippen LogP contribution in [-0.4, -0.2) is 46.5 Å². The Labute approximate surface area is 125 Å². The molecule has 1 fully saturated rings. The average molecular weight is 308 g/mol. The molecule has 2 aromatic rings. The van der Waals surface area contributed by atoms with Crippen LogP contribution < -0.4 is 10.4 Å². The highest BCUT2D eigenvalue weighted by atomic mass is 16.7. The summed E-state index contributed by atoms with van der Waals surface area (Å²) in [6.45, 7) is 1.37. The van der Waals surface area contributed by atoms with Crippen molar-refractivity contribution in [2.24, 2.45) is 0 Å². The van der Waals surface area contributed by atoms with Gasteiger partial charge < -0.3 is 29.2 Å². The Morgan fingerprint density at radius 2 is 2.00 bits per heavy atom. The molecule has 0 spiro atoms. The van der Waals surface area contributed by atoms with Crippen LogP contribution in [0.2, 0.25) is 0 Å². The first kappa shape index (κ1) is 15.0. The maximum atomic E-state index is 11.4. The van der Waals surface area contributed by atoms with Crippen molar-refractivity contribution in [2.45, 2.75) is 31.5 Å². The molecule has 0 amide bonds. The fourth-order valence-corrected chi connectivity index (χ4v) is 2.48. The van der Waals surface area contributed by atoms with Crippen LogP contribution in [0.5, 0.6) is 5.75 Å². The van der Waals surface area contributed by atoms with E-state index in [1.807, 2.05) is 0 Å². The van der Waals surface area contributed by atoms with Gasteiger partial charge in [0.1, 0.15) is 29.6 Å². The Bertz CT molecular complexity index is 738. The summed E-state index contributed by atoms with van der Waals surface area (Å²) in [6.07, 6.45) is -4.52. The lowest BCUT2D eigenvalue weighted by Crippen LogP contribution is -2.35. The Hall–Kier alpha value is -1.93. The first-order valence-electron chi connectivity index (χ1n) is 6.83. The molecule has 1 aliphatic rings. The minimum atomic E-state index is -1.28. The summed E-state index contributed by atoms with van der Waals surface area (Å²) in [5.74, 6) is 0.316. The number of aryl methyl sites for hydroxylation is 1. The summed E-state index contributed by atoms with van der Waals surface area (Å²) in [6, 6.07) is 6.28. The first-order chi connectivity index (χ1) is 10.5. The molecule has 1 aromatic carbocycles.